The van der Waals surface area contributed by atoms with Gasteiger partial charge in [0.05, 0.1) is 0 Å². The molecule has 6 heteroatoms. The zero-order valence-electron chi connectivity index (χ0n) is 4.37. The lowest BCUT2D eigenvalue weighted by Crippen LogP contribution is -2.12. The molecule has 0 aliphatic heterocycles. The number of nitrogens with zero attached hydrogens (tertiary/aromatic N) is 2. The van der Waals surface area contributed by atoms with Crippen LogP contribution in [0, 0.1) is 0 Å². The van der Waals surface area contributed by atoms with Gasteiger partial charge >= 0.3 is 6.01 Å². The van der Waals surface area contributed by atoms with Crippen molar-refractivity contribution in [3.8, 4) is 0 Å². The smallest absolute Gasteiger partial charge is 0.319 e. The summed E-state index contributed by atoms with van der Waals surface area (Å²) >= 11 is 0. The van der Waals surface area contributed by atoms with Crippen molar-refractivity contribution in [2.45, 2.75) is 0 Å². The molecule has 0 aliphatic carbocycles. The molecule has 1 aromatic rings. The number of nitrogen functional groups attached to an aromatic ring is 1. The number of carbonyl (C=O) groups excluding carboxylic acids is 1. The molecule has 0 atom stereocenters. The molecule has 1 rings (SSSR count). The van der Waals surface area contributed by atoms with Gasteiger partial charge in [0, 0.05) is 0 Å². The Morgan fingerprint density at radius 2 is 2.33 bits per heavy atom. The minimum absolute atomic E-state index is 0.163. The Kier molecular flexibility index (Phi) is 1.07. The molecule has 1 aromatic heterocycles. The van der Waals surface area contributed by atoms with Crippen LogP contribution in [0.4, 0.5) is 6.01 Å². The van der Waals surface area contributed by atoms with Crippen LogP contribution in [0.2, 0.25) is 0 Å². The Bertz CT molecular complexity index is 229. The molecule has 6 nitrogen and oxygen atoms in total. The first-order valence-corrected chi connectivity index (χ1v) is 2.09. The largest absolute Gasteiger partial charge is 0.363 e. The Labute approximate surface area is 49.8 Å². The van der Waals surface area contributed by atoms with E-state index < -0.39 is 5.91 Å². The molecule has 48 valence electrons. The summed E-state index contributed by atoms with van der Waals surface area (Å²) in [6.07, 6.45) is 0. The molecule has 0 unspecified atom stereocenters. The molecule has 0 aromatic carbocycles. The topological polar surface area (TPSA) is 108 Å². The molecule has 4 N–H and O–H groups in total. The number of anilines is 1. The second-order valence-corrected chi connectivity index (χ2v) is 1.32. The minimum Gasteiger partial charge on any atom is -0.363 e. The van der Waals surface area contributed by atoms with Crippen LogP contribution in [-0.2, 0) is 0 Å². The molecule has 0 radical (unpaired) electrons. The van der Waals surface area contributed by atoms with Crippen LogP contribution in [0.15, 0.2) is 4.52 Å². The molecule has 0 bridgehead atoms. The van der Waals surface area contributed by atoms with Crippen molar-refractivity contribution < 1.29 is 9.32 Å². The maximum absolute atomic E-state index is 10.2. The highest BCUT2D eigenvalue weighted by Gasteiger charge is 2.06. The van der Waals surface area contributed by atoms with Gasteiger partial charge < -0.3 is 16.0 Å². The number of nitrogens with two attached hydrogens (primary N) is 2. The lowest BCUT2D eigenvalue weighted by Gasteiger charge is -1.75. The first-order chi connectivity index (χ1) is 4.20. The zero-order valence-corrected chi connectivity index (χ0v) is 4.37. The van der Waals surface area contributed by atoms with Crippen LogP contribution in [-0.4, -0.2) is 16.0 Å². The monoisotopic (exact) mass is 128 g/mol. The minimum atomic E-state index is -0.754. The summed E-state index contributed by atoms with van der Waals surface area (Å²) < 4.78 is 4.24. The summed E-state index contributed by atoms with van der Waals surface area (Å²) in [7, 11) is 0. The summed E-state index contributed by atoms with van der Waals surface area (Å²) in [4.78, 5) is 13.5. The molecule has 0 saturated carbocycles. The number of primary amides is 1. The number of carbonyl (C=O) groups is 1. The molecule has 1 heterocycles. The van der Waals surface area contributed by atoms with Gasteiger partial charge in [-0.3, -0.25) is 4.79 Å². The first kappa shape index (κ1) is 5.54. The Hall–Kier alpha value is -1.59. The van der Waals surface area contributed by atoms with Gasteiger partial charge in [-0.05, 0) is 5.16 Å². The fraction of sp³-hybridized carbons (Fsp3) is 0. The third-order valence-corrected chi connectivity index (χ3v) is 0.662. The van der Waals surface area contributed by atoms with Crippen molar-refractivity contribution >= 4 is 11.9 Å². The lowest BCUT2D eigenvalue weighted by atomic mass is 10.6. The SMILES string of the molecule is NC(=O)c1noc(N)n1. The normalized spacial score (nSPS) is 9.33. The number of rotatable bonds is 1. The predicted molar refractivity (Wildman–Crippen MR) is 27.2 cm³/mol. The average molecular weight is 128 g/mol. The summed E-state index contributed by atoms with van der Waals surface area (Å²) in [5.41, 5.74) is 9.72. The van der Waals surface area contributed by atoms with Crippen LogP contribution in [0.1, 0.15) is 10.6 Å². The lowest BCUT2D eigenvalue weighted by molar-refractivity contribution is 0.0987. The predicted octanol–water partition coefficient (Wildman–Crippen LogP) is -1.25. The first-order valence-electron chi connectivity index (χ1n) is 2.09. The van der Waals surface area contributed by atoms with Crippen molar-refractivity contribution in [1.29, 1.82) is 0 Å². The van der Waals surface area contributed by atoms with E-state index in [1.165, 1.54) is 0 Å². The maximum atomic E-state index is 10.2. The van der Waals surface area contributed by atoms with E-state index in [1.807, 2.05) is 0 Å². The van der Waals surface area contributed by atoms with E-state index in [-0.39, 0.29) is 11.8 Å². The highest BCUT2D eigenvalue weighted by molar-refractivity contribution is 5.88. The number of hydrogen-bond acceptors (Lipinski definition) is 5. The van der Waals surface area contributed by atoms with Crippen molar-refractivity contribution in [1.82, 2.24) is 10.1 Å². The molecule has 0 saturated heterocycles. The summed E-state index contributed by atoms with van der Waals surface area (Å²) in [5, 5.41) is 3.13. The van der Waals surface area contributed by atoms with Crippen LogP contribution in [0.3, 0.4) is 0 Å². The Morgan fingerprint density at radius 3 is 2.56 bits per heavy atom. The van der Waals surface area contributed by atoms with Crippen LogP contribution < -0.4 is 11.5 Å². The number of amides is 1. The third-order valence-electron chi connectivity index (χ3n) is 0.662. The summed E-state index contributed by atoms with van der Waals surface area (Å²) in [6.45, 7) is 0. The quantitative estimate of drug-likeness (QED) is 0.491. The van der Waals surface area contributed by atoms with Crippen LogP contribution >= 0.6 is 0 Å². The van der Waals surface area contributed by atoms with Gasteiger partial charge in [0.15, 0.2) is 0 Å². The highest BCUT2D eigenvalue weighted by atomic mass is 16.5. The molecule has 0 spiro atoms. The van der Waals surface area contributed by atoms with E-state index >= 15 is 0 Å². The fourth-order valence-corrected chi connectivity index (χ4v) is 0.335. The maximum Gasteiger partial charge on any atom is 0.319 e. The van der Waals surface area contributed by atoms with E-state index in [4.69, 9.17) is 11.5 Å². The van der Waals surface area contributed by atoms with Crippen molar-refractivity contribution in [2.75, 3.05) is 5.73 Å². The van der Waals surface area contributed by atoms with Crippen LogP contribution in [0.25, 0.3) is 0 Å². The van der Waals surface area contributed by atoms with E-state index in [9.17, 15) is 4.79 Å². The van der Waals surface area contributed by atoms with E-state index in [0.29, 0.717) is 0 Å². The molecule has 0 fully saturated rings. The van der Waals surface area contributed by atoms with Crippen molar-refractivity contribution in [3.05, 3.63) is 5.82 Å². The highest BCUT2D eigenvalue weighted by Crippen LogP contribution is 1.94. The average Bonchev–Trinajstić information content (AvgIpc) is 2.14. The van der Waals surface area contributed by atoms with Gasteiger partial charge in [-0.2, -0.15) is 4.98 Å². The summed E-state index contributed by atoms with van der Waals surface area (Å²) in [6, 6.07) is -0.163. The van der Waals surface area contributed by atoms with Gasteiger partial charge in [0.25, 0.3) is 11.7 Å². The molecular weight excluding hydrogens is 124 g/mol. The van der Waals surface area contributed by atoms with Gasteiger partial charge in [-0.25, -0.2) is 0 Å². The van der Waals surface area contributed by atoms with Gasteiger partial charge in [-0.1, -0.05) is 0 Å². The van der Waals surface area contributed by atoms with E-state index in [1.54, 1.807) is 0 Å². The molecule has 1 amide bonds. The Morgan fingerprint density at radius 1 is 1.67 bits per heavy atom. The number of hydrogen-bond donors (Lipinski definition) is 2. The van der Waals surface area contributed by atoms with E-state index in [2.05, 4.69) is 14.7 Å². The second-order valence-electron chi connectivity index (χ2n) is 1.32. The van der Waals surface area contributed by atoms with Crippen molar-refractivity contribution in [2.24, 2.45) is 5.73 Å². The molecule has 0 aliphatic rings. The second kappa shape index (κ2) is 1.73. The van der Waals surface area contributed by atoms with Crippen LogP contribution in [0.5, 0.6) is 0 Å². The van der Waals surface area contributed by atoms with Gasteiger partial charge in [0.1, 0.15) is 0 Å². The molecular formula is C3H4N4O2. The van der Waals surface area contributed by atoms with Gasteiger partial charge in [0.2, 0.25) is 0 Å². The Balaban J connectivity index is 2.98. The van der Waals surface area contributed by atoms with E-state index in [0.717, 1.165) is 0 Å². The number of aromatic nitrogens is 2. The standard InChI is InChI=1S/C3H4N4O2/c4-1(8)2-6-3(5)9-7-2/h(H2,4,8)(H2,5,6,7). The van der Waals surface area contributed by atoms with Gasteiger partial charge in [-0.15, -0.1) is 0 Å². The fourth-order valence-electron chi connectivity index (χ4n) is 0.335. The zero-order chi connectivity index (χ0) is 6.85. The third kappa shape index (κ3) is 0.958. The molecule has 9 heavy (non-hydrogen) atoms. The summed E-state index contributed by atoms with van der Waals surface area (Å²) in [5.74, 6) is -0.956. The van der Waals surface area contributed by atoms with Crippen molar-refractivity contribution in [3.63, 3.8) is 0 Å².